The zero-order valence-corrected chi connectivity index (χ0v) is 14.1. The van der Waals surface area contributed by atoms with Crippen LogP contribution in [-0.4, -0.2) is 30.0 Å². The number of carbonyl (C=O) groups is 2. The molecule has 21 heavy (non-hydrogen) atoms. The van der Waals surface area contributed by atoms with Crippen LogP contribution < -0.4 is 5.32 Å². The average molecular weight is 350 g/mol. The average Bonchev–Trinajstić information content (AvgIpc) is 2.47. The van der Waals surface area contributed by atoms with E-state index in [1.807, 2.05) is 13.2 Å². The number of thioether (sulfide) groups is 1. The fourth-order valence-corrected chi connectivity index (χ4v) is 2.56. The Morgan fingerprint density at radius 3 is 2.71 bits per heavy atom. The van der Waals surface area contributed by atoms with Gasteiger partial charge < -0.3 is 10.1 Å². The number of esters is 1. The second-order valence-corrected chi connectivity index (χ2v) is 6.20. The van der Waals surface area contributed by atoms with E-state index in [1.54, 1.807) is 30.0 Å². The SMILES string of the molecule is CC[C@H](CC(=O)OCC(=O)Nc1cccc(Cl)c1Cl)SC. The Kier molecular flexibility index (Phi) is 7.93. The van der Waals surface area contributed by atoms with Crippen molar-refractivity contribution in [2.45, 2.75) is 25.0 Å². The van der Waals surface area contributed by atoms with Crippen molar-refractivity contribution in [2.75, 3.05) is 18.2 Å². The van der Waals surface area contributed by atoms with Crippen molar-refractivity contribution in [3.05, 3.63) is 28.2 Å². The summed E-state index contributed by atoms with van der Waals surface area (Å²) < 4.78 is 4.94. The van der Waals surface area contributed by atoms with Crippen LogP contribution in [0.4, 0.5) is 5.69 Å². The second kappa shape index (κ2) is 9.18. The molecule has 1 amide bonds. The summed E-state index contributed by atoms with van der Waals surface area (Å²) in [6.45, 7) is 1.66. The molecule has 0 aliphatic rings. The molecule has 1 aromatic carbocycles. The van der Waals surface area contributed by atoms with E-state index in [0.717, 1.165) is 6.42 Å². The first-order valence-corrected chi connectivity index (χ1v) is 8.44. The molecular weight excluding hydrogens is 333 g/mol. The number of halogens is 2. The van der Waals surface area contributed by atoms with Crippen LogP contribution in [0.5, 0.6) is 0 Å². The maximum absolute atomic E-state index is 11.7. The van der Waals surface area contributed by atoms with E-state index in [0.29, 0.717) is 17.1 Å². The Labute approximate surface area is 138 Å². The highest BCUT2D eigenvalue weighted by Gasteiger charge is 2.14. The molecule has 116 valence electrons. The van der Waals surface area contributed by atoms with Crippen LogP contribution in [0.3, 0.4) is 0 Å². The van der Waals surface area contributed by atoms with Crippen LogP contribution in [0.15, 0.2) is 18.2 Å². The number of ether oxygens (including phenoxy) is 1. The molecule has 0 aromatic heterocycles. The predicted octanol–water partition coefficient (Wildman–Crippen LogP) is 4.01. The van der Waals surface area contributed by atoms with Crippen molar-refractivity contribution >= 4 is 52.5 Å². The number of amides is 1. The molecule has 0 fully saturated rings. The highest BCUT2D eigenvalue weighted by molar-refractivity contribution is 7.99. The minimum Gasteiger partial charge on any atom is -0.456 e. The highest BCUT2D eigenvalue weighted by atomic mass is 35.5. The Hall–Kier alpha value is -0.910. The van der Waals surface area contributed by atoms with Gasteiger partial charge in [-0.2, -0.15) is 11.8 Å². The minimum absolute atomic E-state index is 0.211. The Morgan fingerprint density at radius 2 is 2.10 bits per heavy atom. The highest BCUT2D eigenvalue weighted by Crippen LogP contribution is 2.29. The minimum atomic E-state index is -0.454. The van der Waals surface area contributed by atoms with Crippen LogP contribution >= 0.6 is 35.0 Å². The van der Waals surface area contributed by atoms with E-state index < -0.39 is 5.91 Å². The quantitative estimate of drug-likeness (QED) is 0.755. The third-order valence-corrected chi connectivity index (χ3v) is 4.76. The molecule has 1 N–H and O–H groups in total. The molecule has 4 nitrogen and oxygen atoms in total. The molecule has 0 aliphatic carbocycles. The lowest BCUT2D eigenvalue weighted by atomic mass is 10.2. The zero-order chi connectivity index (χ0) is 15.8. The lowest BCUT2D eigenvalue weighted by Gasteiger charge is -2.11. The summed E-state index contributed by atoms with van der Waals surface area (Å²) in [5.41, 5.74) is 0.390. The van der Waals surface area contributed by atoms with Crippen molar-refractivity contribution in [3.63, 3.8) is 0 Å². The second-order valence-electron chi connectivity index (χ2n) is 4.28. The van der Waals surface area contributed by atoms with E-state index in [2.05, 4.69) is 5.32 Å². The summed E-state index contributed by atoms with van der Waals surface area (Å²) in [4.78, 5) is 23.3. The Balaban J connectivity index is 2.44. The van der Waals surface area contributed by atoms with Crippen LogP contribution in [0.2, 0.25) is 10.0 Å². The van der Waals surface area contributed by atoms with Gasteiger partial charge in [0, 0.05) is 5.25 Å². The van der Waals surface area contributed by atoms with Gasteiger partial charge in [0.1, 0.15) is 0 Å². The number of benzene rings is 1. The molecule has 7 heteroatoms. The number of anilines is 1. The van der Waals surface area contributed by atoms with Crippen molar-refractivity contribution in [1.29, 1.82) is 0 Å². The van der Waals surface area contributed by atoms with Crippen molar-refractivity contribution in [1.82, 2.24) is 0 Å². The van der Waals surface area contributed by atoms with E-state index in [4.69, 9.17) is 27.9 Å². The maximum atomic E-state index is 11.7. The third-order valence-electron chi connectivity index (χ3n) is 2.77. The summed E-state index contributed by atoms with van der Waals surface area (Å²) in [5.74, 6) is -0.840. The first kappa shape index (κ1) is 18.1. The fraction of sp³-hybridized carbons (Fsp3) is 0.429. The van der Waals surface area contributed by atoms with Gasteiger partial charge in [0.15, 0.2) is 6.61 Å². The first-order chi connectivity index (χ1) is 9.97. The predicted molar refractivity (Wildman–Crippen MR) is 88.3 cm³/mol. The standard InChI is InChI=1S/C14H17Cl2NO3S/c1-3-9(21-2)7-13(19)20-8-12(18)17-11-6-4-5-10(15)14(11)16/h4-6,9H,3,7-8H2,1-2H3,(H,17,18)/t9-/m1/s1. The van der Waals surface area contributed by atoms with Gasteiger partial charge >= 0.3 is 5.97 Å². The Bertz CT molecular complexity index is 507. The third kappa shape index (κ3) is 6.16. The van der Waals surface area contributed by atoms with Crippen LogP contribution in [0.25, 0.3) is 0 Å². The maximum Gasteiger partial charge on any atom is 0.307 e. The first-order valence-electron chi connectivity index (χ1n) is 6.40. The monoisotopic (exact) mass is 349 g/mol. The lowest BCUT2D eigenvalue weighted by molar-refractivity contribution is -0.147. The van der Waals surface area contributed by atoms with Crippen LogP contribution in [-0.2, 0) is 14.3 Å². The molecule has 1 rings (SSSR count). The molecule has 0 saturated carbocycles. The molecule has 0 unspecified atom stereocenters. The molecule has 0 heterocycles. The molecule has 0 bridgehead atoms. The van der Waals surface area contributed by atoms with Gasteiger partial charge in [-0.3, -0.25) is 9.59 Å². The summed E-state index contributed by atoms with van der Waals surface area (Å²) in [7, 11) is 0. The van der Waals surface area contributed by atoms with Crippen molar-refractivity contribution in [2.24, 2.45) is 0 Å². The molecular formula is C14H17Cl2NO3S. The number of hydrogen-bond donors (Lipinski definition) is 1. The van der Waals surface area contributed by atoms with Crippen LogP contribution in [0, 0.1) is 0 Å². The van der Waals surface area contributed by atoms with Crippen molar-refractivity contribution < 1.29 is 14.3 Å². The molecule has 1 atom stereocenters. The Morgan fingerprint density at radius 1 is 1.38 bits per heavy atom. The summed E-state index contributed by atoms with van der Waals surface area (Å²) >= 11 is 13.4. The largest absolute Gasteiger partial charge is 0.456 e. The normalized spacial score (nSPS) is 11.8. The van der Waals surface area contributed by atoms with Crippen LogP contribution in [0.1, 0.15) is 19.8 Å². The van der Waals surface area contributed by atoms with E-state index in [-0.39, 0.29) is 22.8 Å². The summed E-state index contributed by atoms with van der Waals surface area (Å²) in [6, 6.07) is 4.90. The molecule has 0 radical (unpaired) electrons. The lowest BCUT2D eigenvalue weighted by Crippen LogP contribution is -2.22. The van der Waals surface area contributed by atoms with Gasteiger partial charge in [0.25, 0.3) is 5.91 Å². The smallest absolute Gasteiger partial charge is 0.307 e. The van der Waals surface area contributed by atoms with Gasteiger partial charge in [-0.1, -0.05) is 36.2 Å². The van der Waals surface area contributed by atoms with Gasteiger partial charge in [-0.05, 0) is 24.8 Å². The number of rotatable bonds is 7. The van der Waals surface area contributed by atoms with Gasteiger partial charge in [0.2, 0.25) is 0 Å². The van der Waals surface area contributed by atoms with Gasteiger partial charge in [-0.15, -0.1) is 0 Å². The van der Waals surface area contributed by atoms with E-state index in [1.165, 1.54) is 0 Å². The number of carbonyl (C=O) groups excluding carboxylic acids is 2. The number of nitrogens with one attached hydrogen (secondary N) is 1. The van der Waals surface area contributed by atoms with Crippen molar-refractivity contribution in [3.8, 4) is 0 Å². The fourth-order valence-electron chi connectivity index (χ4n) is 1.57. The molecule has 0 aliphatic heterocycles. The van der Waals surface area contributed by atoms with E-state index in [9.17, 15) is 9.59 Å². The topological polar surface area (TPSA) is 55.4 Å². The summed E-state index contributed by atoms with van der Waals surface area (Å²) in [6.07, 6.45) is 3.11. The number of hydrogen-bond acceptors (Lipinski definition) is 4. The molecule has 0 saturated heterocycles. The van der Waals surface area contributed by atoms with E-state index >= 15 is 0 Å². The zero-order valence-electron chi connectivity index (χ0n) is 11.8. The summed E-state index contributed by atoms with van der Waals surface area (Å²) in [5, 5.41) is 3.36. The van der Waals surface area contributed by atoms with Gasteiger partial charge in [0.05, 0.1) is 22.2 Å². The molecule has 1 aromatic rings. The molecule has 0 spiro atoms. The van der Waals surface area contributed by atoms with Gasteiger partial charge in [-0.25, -0.2) is 0 Å².